The summed E-state index contributed by atoms with van der Waals surface area (Å²) in [6.45, 7) is 22.6. The minimum Gasteiger partial charge on any atom is -0.303 e. The van der Waals surface area contributed by atoms with Crippen LogP contribution in [0.15, 0.2) is 0 Å². The summed E-state index contributed by atoms with van der Waals surface area (Å²) in [6, 6.07) is 0. The fourth-order valence-corrected chi connectivity index (χ4v) is 5.66. The topological polar surface area (TPSA) is 6.48 Å². The summed E-state index contributed by atoms with van der Waals surface area (Å²) in [7, 11) is 0. The van der Waals surface area contributed by atoms with E-state index in [0.717, 1.165) is 11.8 Å². The van der Waals surface area contributed by atoms with Crippen molar-refractivity contribution < 1.29 is 0 Å². The van der Waals surface area contributed by atoms with Gasteiger partial charge in [0.15, 0.2) is 0 Å². The summed E-state index contributed by atoms with van der Waals surface area (Å²) in [5, 5.41) is 0. The summed E-state index contributed by atoms with van der Waals surface area (Å²) in [5.74, 6) is 1.93. The summed E-state index contributed by atoms with van der Waals surface area (Å²) < 4.78 is 0. The third-order valence-electron chi connectivity index (χ3n) is 7.80. The molecule has 2 heteroatoms. The Hall–Kier alpha value is -0.0800. The van der Waals surface area contributed by atoms with Crippen LogP contribution in [0.2, 0.25) is 0 Å². The van der Waals surface area contributed by atoms with Crippen molar-refractivity contribution in [3.63, 3.8) is 0 Å². The average molecular weight is 363 g/mol. The van der Waals surface area contributed by atoms with E-state index in [1.807, 2.05) is 0 Å². The average Bonchev–Trinajstić information content (AvgIpc) is 2.51. The van der Waals surface area contributed by atoms with Crippen molar-refractivity contribution in [2.75, 3.05) is 39.3 Å². The van der Waals surface area contributed by atoms with Gasteiger partial charge in [-0.2, -0.15) is 0 Å². The Morgan fingerprint density at radius 1 is 0.808 bits per heavy atom. The number of rotatable bonds is 4. The van der Waals surface area contributed by atoms with Gasteiger partial charge in [0.2, 0.25) is 0 Å². The maximum Gasteiger partial charge on any atom is 0.00514 e. The molecule has 2 heterocycles. The lowest BCUT2D eigenvalue weighted by atomic mass is 9.69. The Balaban J connectivity index is 1.33. The standard InChI is InChI=1S/C24H46N2/c1-22(2,3)11-14-26-18-24(19-26)12-15-25(16-13-24)17-20-7-9-21(10-8-20)23(4,5)6/h20-21H,7-19H2,1-6H3. The van der Waals surface area contributed by atoms with Crippen molar-refractivity contribution >= 4 is 0 Å². The van der Waals surface area contributed by atoms with Crippen LogP contribution in [0.1, 0.15) is 86.5 Å². The summed E-state index contributed by atoms with van der Waals surface area (Å²) in [6.07, 6.45) is 10.1. The van der Waals surface area contributed by atoms with Gasteiger partial charge in [-0.25, -0.2) is 0 Å². The fraction of sp³-hybridized carbons (Fsp3) is 1.00. The third kappa shape index (κ3) is 5.47. The zero-order chi connectivity index (χ0) is 19.0. The van der Waals surface area contributed by atoms with Gasteiger partial charge in [-0.05, 0) is 92.7 Å². The summed E-state index contributed by atoms with van der Waals surface area (Å²) in [4.78, 5) is 5.53. The molecule has 0 aromatic heterocycles. The lowest BCUT2D eigenvalue weighted by Gasteiger charge is -2.55. The van der Waals surface area contributed by atoms with Gasteiger partial charge in [0.1, 0.15) is 0 Å². The van der Waals surface area contributed by atoms with Crippen LogP contribution >= 0.6 is 0 Å². The van der Waals surface area contributed by atoms with E-state index in [-0.39, 0.29) is 0 Å². The summed E-state index contributed by atoms with van der Waals surface area (Å²) in [5.41, 5.74) is 1.70. The van der Waals surface area contributed by atoms with Crippen LogP contribution in [0.25, 0.3) is 0 Å². The molecular formula is C24H46N2. The maximum absolute atomic E-state index is 2.81. The molecule has 26 heavy (non-hydrogen) atoms. The first-order valence-electron chi connectivity index (χ1n) is 11.5. The van der Waals surface area contributed by atoms with Crippen molar-refractivity contribution in [2.24, 2.45) is 28.1 Å². The Morgan fingerprint density at radius 3 is 1.88 bits per heavy atom. The lowest BCUT2D eigenvalue weighted by molar-refractivity contribution is -0.0531. The molecule has 3 aliphatic rings. The molecule has 2 nitrogen and oxygen atoms in total. The Kier molecular flexibility index (Phi) is 6.15. The van der Waals surface area contributed by atoms with E-state index in [1.54, 1.807) is 0 Å². The highest BCUT2D eigenvalue weighted by molar-refractivity contribution is 4.98. The van der Waals surface area contributed by atoms with E-state index in [9.17, 15) is 0 Å². The molecule has 1 spiro atoms. The van der Waals surface area contributed by atoms with Gasteiger partial charge < -0.3 is 9.80 Å². The number of hydrogen-bond acceptors (Lipinski definition) is 2. The van der Waals surface area contributed by atoms with E-state index in [1.165, 1.54) is 84.2 Å². The SMILES string of the molecule is CC(C)(C)CCN1CC2(CCN(CC3CCC(C(C)(C)C)CC3)CC2)C1. The molecule has 3 fully saturated rings. The van der Waals surface area contributed by atoms with Gasteiger partial charge in [-0.1, -0.05) is 41.5 Å². The van der Waals surface area contributed by atoms with Gasteiger partial charge in [0.25, 0.3) is 0 Å². The van der Waals surface area contributed by atoms with E-state index in [2.05, 4.69) is 51.3 Å². The normalized spacial score (nSPS) is 31.2. The molecule has 0 N–H and O–H groups in total. The predicted octanol–water partition coefficient (Wildman–Crippen LogP) is 5.67. The van der Waals surface area contributed by atoms with Gasteiger partial charge in [0.05, 0.1) is 0 Å². The van der Waals surface area contributed by atoms with Gasteiger partial charge >= 0.3 is 0 Å². The minimum atomic E-state index is 0.484. The Bertz CT molecular complexity index is 432. The van der Waals surface area contributed by atoms with E-state index in [0.29, 0.717) is 16.2 Å². The summed E-state index contributed by atoms with van der Waals surface area (Å²) >= 11 is 0. The smallest absolute Gasteiger partial charge is 0.00514 e. The molecule has 0 radical (unpaired) electrons. The van der Waals surface area contributed by atoms with Crippen molar-refractivity contribution in [3.05, 3.63) is 0 Å². The molecule has 0 aromatic rings. The van der Waals surface area contributed by atoms with Crippen molar-refractivity contribution in [2.45, 2.75) is 86.5 Å². The highest BCUT2D eigenvalue weighted by Gasteiger charge is 2.44. The minimum absolute atomic E-state index is 0.484. The van der Waals surface area contributed by atoms with Crippen LogP contribution in [-0.4, -0.2) is 49.1 Å². The van der Waals surface area contributed by atoms with E-state index < -0.39 is 0 Å². The van der Waals surface area contributed by atoms with E-state index in [4.69, 9.17) is 0 Å². The first kappa shape index (κ1) is 20.6. The molecule has 0 atom stereocenters. The molecule has 0 aromatic carbocycles. The van der Waals surface area contributed by atoms with Crippen LogP contribution in [0.5, 0.6) is 0 Å². The molecule has 0 bridgehead atoms. The molecular weight excluding hydrogens is 316 g/mol. The molecule has 2 saturated heterocycles. The zero-order valence-corrected chi connectivity index (χ0v) is 18.7. The molecule has 3 rings (SSSR count). The third-order valence-corrected chi connectivity index (χ3v) is 7.80. The zero-order valence-electron chi connectivity index (χ0n) is 18.7. The number of hydrogen-bond donors (Lipinski definition) is 0. The van der Waals surface area contributed by atoms with Gasteiger partial charge in [-0.15, -0.1) is 0 Å². The highest BCUT2D eigenvalue weighted by Crippen LogP contribution is 2.43. The first-order chi connectivity index (χ1) is 12.0. The second kappa shape index (κ2) is 7.74. The van der Waals surface area contributed by atoms with Crippen LogP contribution in [0, 0.1) is 28.1 Å². The highest BCUT2D eigenvalue weighted by atomic mass is 15.2. The maximum atomic E-state index is 2.81. The van der Waals surface area contributed by atoms with Crippen LogP contribution in [-0.2, 0) is 0 Å². The second-order valence-electron chi connectivity index (χ2n) is 12.4. The monoisotopic (exact) mass is 362 g/mol. The van der Waals surface area contributed by atoms with Gasteiger partial charge in [-0.3, -0.25) is 0 Å². The molecule has 1 aliphatic carbocycles. The fourth-order valence-electron chi connectivity index (χ4n) is 5.66. The number of nitrogens with zero attached hydrogens (tertiary/aromatic N) is 2. The molecule has 0 unspecified atom stereocenters. The Labute approximate surface area is 164 Å². The quantitative estimate of drug-likeness (QED) is 0.635. The predicted molar refractivity (Wildman–Crippen MR) is 114 cm³/mol. The molecule has 0 amide bonds. The van der Waals surface area contributed by atoms with Crippen molar-refractivity contribution in [3.8, 4) is 0 Å². The van der Waals surface area contributed by atoms with Crippen LogP contribution in [0.4, 0.5) is 0 Å². The molecule has 152 valence electrons. The first-order valence-corrected chi connectivity index (χ1v) is 11.5. The van der Waals surface area contributed by atoms with Gasteiger partial charge in [0, 0.05) is 19.6 Å². The number of piperidine rings is 1. The van der Waals surface area contributed by atoms with E-state index >= 15 is 0 Å². The lowest BCUT2D eigenvalue weighted by Crippen LogP contribution is -2.60. The van der Waals surface area contributed by atoms with Crippen molar-refractivity contribution in [1.82, 2.24) is 9.80 Å². The Morgan fingerprint density at radius 2 is 1.38 bits per heavy atom. The number of likely N-dealkylation sites (tertiary alicyclic amines) is 2. The van der Waals surface area contributed by atoms with Crippen molar-refractivity contribution in [1.29, 1.82) is 0 Å². The molecule has 2 aliphatic heterocycles. The largest absolute Gasteiger partial charge is 0.303 e. The van der Waals surface area contributed by atoms with Crippen LogP contribution < -0.4 is 0 Å². The van der Waals surface area contributed by atoms with Crippen LogP contribution in [0.3, 0.4) is 0 Å². The molecule has 1 saturated carbocycles. The second-order valence-corrected chi connectivity index (χ2v) is 12.4.